The van der Waals surface area contributed by atoms with Gasteiger partial charge < -0.3 is 14.7 Å². The van der Waals surface area contributed by atoms with Gasteiger partial charge in [0.15, 0.2) is 5.82 Å². The Hall–Kier alpha value is -2.96. The molecular weight excluding hydrogens is 408 g/mol. The molecule has 0 fully saturated rings. The van der Waals surface area contributed by atoms with Gasteiger partial charge in [0.2, 0.25) is 5.28 Å². The topological polar surface area (TPSA) is 47.9 Å². The van der Waals surface area contributed by atoms with E-state index >= 15 is 0 Å². The summed E-state index contributed by atoms with van der Waals surface area (Å²) < 4.78 is 0. The van der Waals surface area contributed by atoms with Gasteiger partial charge in [-0.15, -0.1) is 0 Å². The SMILES string of the molecule is CN(C)CCCN=Cc1ccc(-c2nc(Cl)nc3c2N(C)CN3c2ccccc2)cc1. The van der Waals surface area contributed by atoms with Gasteiger partial charge in [-0.05, 0) is 56.4 Å². The van der Waals surface area contributed by atoms with E-state index in [1.165, 1.54) is 0 Å². The maximum atomic E-state index is 6.34. The second kappa shape index (κ2) is 9.45. The lowest BCUT2D eigenvalue weighted by Crippen LogP contribution is -2.24. The largest absolute Gasteiger partial charge is 0.352 e. The van der Waals surface area contributed by atoms with Gasteiger partial charge in [-0.3, -0.25) is 4.99 Å². The van der Waals surface area contributed by atoms with E-state index in [1.807, 2.05) is 24.4 Å². The number of aliphatic imine (C=N–C) groups is 1. The molecule has 0 bridgehead atoms. The summed E-state index contributed by atoms with van der Waals surface area (Å²) in [7, 11) is 6.21. The van der Waals surface area contributed by atoms with Crippen molar-refractivity contribution in [2.75, 3.05) is 50.7 Å². The van der Waals surface area contributed by atoms with Crippen LogP contribution in [0.5, 0.6) is 0 Å². The quantitative estimate of drug-likeness (QED) is 0.306. The number of rotatable bonds is 7. The lowest BCUT2D eigenvalue weighted by Gasteiger charge is -2.18. The first-order chi connectivity index (χ1) is 15.0. The van der Waals surface area contributed by atoms with Gasteiger partial charge in [-0.2, -0.15) is 4.98 Å². The number of nitrogens with zero attached hydrogens (tertiary/aromatic N) is 6. The van der Waals surface area contributed by atoms with Gasteiger partial charge in [-0.1, -0.05) is 42.5 Å². The number of benzene rings is 2. The molecule has 1 aromatic heterocycles. The van der Waals surface area contributed by atoms with Crippen molar-refractivity contribution in [2.24, 2.45) is 4.99 Å². The Morgan fingerprint density at radius 1 is 1.06 bits per heavy atom. The van der Waals surface area contributed by atoms with Gasteiger partial charge in [0, 0.05) is 31.1 Å². The zero-order valence-electron chi connectivity index (χ0n) is 18.2. The summed E-state index contributed by atoms with van der Waals surface area (Å²) in [6, 6.07) is 18.5. The summed E-state index contributed by atoms with van der Waals surface area (Å²) in [4.78, 5) is 20.1. The summed E-state index contributed by atoms with van der Waals surface area (Å²) in [6.07, 6.45) is 2.98. The Kier molecular flexibility index (Phi) is 6.49. The smallest absolute Gasteiger partial charge is 0.225 e. The maximum Gasteiger partial charge on any atom is 0.225 e. The number of hydrogen-bond donors (Lipinski definition) is 0. The number of aromatic nitrogens is 2. The Morgan fingerprint density at radius 3 is 2.52 bits per heavy atom. The van der Waals surface area contributed by atoms with E-state index in [0.717, 1.165) is 53.5 Å². The Balaban J connectivity index is 1.59. The van der Waals surface area contributed by atoms with Crippen molar-refractivity contribution in [1.29, 1.82) is 0 Å². The highest BCUT2D eigenvalue weighted by atomic mass is 35.5. The molecule has 0 unspecified atom stereocenters. The van der Waals surface area contributed by atoms with Gasteiger partial charge in [-0.25, -0.2) is 4.98 Å². The third-order valence-electron chi connectivity index (χ3n) is 5.21. The van der Waals surface area contributed by atoms with E-state index < -0.39 is 0 Å². The van der Waals surface area contributed by atoms with Crippen LogP contribution in [0.4, 0.5) is 17.2 Å². The van der Waals surface area contributed by atoms with Gasteiger partial charge in [0.05, 0.1) is 6.67 Å². The molecule has 1 aliphatic rings. The number of hydrogen-bond acceptors (Lipinski definition) is 6. The molecule has 6 nitrogen and oxygen atoms in total. The minimum atomic E-state index is 0.247. The molecule has 0 N–H and O–H groups in total. The van der Waals surface area contributed by atoms with Crippen LogP contribution in [-0.2, 0) is 0 Å². The van der Waals surface area contributed by atoms with Crippen molar-refractivity contribution in [2.45, 2.75) is 6.42 Å². The zero-order chi connectivity index (χ0) is 21.8. The highest BCUT2D eigenvalue weighted by molar-refractivity contribution is 6.28. The average molecular weight is 435 g/mol. The van der Waals surface area contributed by atoms with Crippen LogP contribution in [-0.4, -0.2) is 62.0 Å². The molecule has 2 heterocycles. The average Bonchev–Trinajstić information content (AvgIpc) is 3.10. The highest BCUT2D eigenvalue weighted by Crippen LogP contribution is 2.44. The number of halogens is 1. The fraction of sp³-hybridized carbons (Fsp3) is 0.292. The van der Waals surface area contributed by atoms with Gasteiger partial charge >= 0.3 is 0 Å². The predicted molar refractivity (Wildman–Crippen MR) is 130 cm³/mol. The highest BCUT2D eigenvalue weighted by Gasteiger charge is 2.30. The van der Waals surface area contributed by atoms with E-state index in [9.17, 15) is 0 Å². The molecule has 0 aliphatic carbocycles. The second-order valence-electron chi connectivity index (χ2n) is 7.93. The molecule has 7 heteroatoms. The van der Waals surface area contributed by atoms with Crippen molar-refractivity contribution in [3.05, 3.63) is 65.4 Å². The third kappa shape index (κ3) is 4.86. The molecule has 4 rings (SSSR count). The number of anilines is 3. The summed E-state index contributed by atoms with van der Waals surface area (Å²) in [5.74, 6) is 0.829. The van der Waals surface area contributed by atoms with Crippen LogP contribution >= 0.6 is 11.6 Å². The molecule has 0 spiro atoms. The van der Waals surface area contributed by atoms with E-state index in [1.54, 1.807) is 0 Å². The molecule has 0 saturated carbocycles. The summed E-state index contributed by atoms with van der Waals surface area (Å²) in [5, 5.41) is 0.247. The number of para-hydroxylation sites is 1. The van der Waals surface area contributed by atoms with Crippen LogP contribution in [0.25, 0.3) is 11.3 Å². The van der Waals surface area contributed by atoms with Crippen LogP contribution in [0.1, 0.15) is 12.0 Å². The van der Waals surface area contributed by atoms with Crippen LogP contribution in [0, 0.1) is 0 Å². The third-order valence-corrected chi connectivity index (χ3v) is 5.38. The second-order valence-corrected chi connectivity index (χ2v) is 8.27. The van der Waals surface area contributed by atoms with Crippen molar-refractivity contribution >= 4 is 35.0 Å². The molecule has 3 aromatic rings. The first-order valence-electron chi connectivity index (χ1n) is 10.4. The van der Waals surface area contributed by atoms with E-state index in [4.69, 9.17) is 11.6 Å². The normalized spacial score (nSPS) is 13.5. The van der Waals surface area contributed by atoms with Gasteiger partial charge in [0.25, 0.3) is 0 Å². The summed E-state index contributed by atoms with van der Waals surface area (Å²) >= 11 is 6.34. The van der Waals surface area contributed by atoms with E-state index in [0.29, 0.717) is 6.67 Å². The van der Waals surface area contributed by atoms with Crippen molar-refractivity contribution in [3.8, 4) is 11.3 Å². The van der Waals surface area contributed by atoms with Crippen molar-refractivity contribution in [3.63, 3.8) is 0 Å². The molecule has 1 aliphatic heterocycles. The minimum absolute atomic E-state index is 0.247. The first-order valence-corrected chi connectivity index (χ1v) is 10.8. The Morgan fingerprint density at radius 2 is 1.81 bits per heavy atom. The molecule has 2 aromatic carbocycles. The molecule has 0 atom stereocenters. The predicted octanol–water partition coefficient (Wildman–Crippen LogP) is 4.71. The first kappa shape index (κ1) is 21.3. The Labute approximate surface area is 188 Å². The zero-order valence-corrected chi connectivity index (χ0v) is 18.9. The van der Waals surface area contributed by atoms with Crippen LogP contribution in [0.3, 0.4) is 0 Å². The minimum Gasteiger partial charge on any atom is -0.352 e. The summed E-state index contributed by atoms with van der Waals surface area (Å²) in [6.45, 7) is 2.57. The standard InChI is InChI=1S/C24H27ClN6/c1-29(2)15-7-14-26-16-18-10-12-19(13-11-18)21-22-23(28-24(25)27-21)31(17-30(22)3)20-8-5-4-6-9-20/h4-6,8-13,16H,7,14-15,17H2,1-3H3. The fourth-order valence-corrected chi connectivity index (χ4v) is 3.86. The summed E-state index contributed by atoms with van der Waals surface area (Å²) in [5.41, 5.74) is 4.98. The molecule has 31 heavy (non-hydrogen) atoms. The van der Waals surface area contributed by atoms with Crippen LogP contribution in [0.2, 0.25) is 5.28 Å². The Bertz CT molecular complexity index is 1050. The van der Waals surface area contributed by atoms with Gasteiger partial charge in [0.1, 0.15) is 11.4 Å². The fourth-order valence-electron chi connectivity index (χ4n) is 3.69. The molecular formula is C24H27ClN6. The van der Waals surface area contributed by atoms with Crippen molar-refractivity contribution < 1.29 is 0 Å². The van der Waals surface area contributed by atoms with Crippen molar-refractivity contribution in [1.82, 2.24) is 14.9 Å². The number of fused-ring (bicyclic) bond motifs is 1. The van der Waals surface area contributed by atoms with E-state index in [-0.39, 0.29) is 5.28 Å². The molecule has 0 radical (unpaired) electrons. The monoisotopic (exact) mass is 434 g/mol. The van der Waals surface area contributed by atoms with E-state index in [2.05, 4.69) is 87.2 Å². The van der Waals surface area contributed by atoms with Crippen LogP contribution in [0.15, 0.2) is 59.6 Å². The molecule has 0 amide bonds. The molecule has 0 saturated heterocycles. The maximum absolute atomic E-state index is 6.34. The molecule has 160 valence electrons. The lowest BCUT2D eigenvalue weighted by atomic mass is 10.1. The lowest BCUT2D eigenvalue weighted by molar-refractivity contribution is 0.403. The van der Waals surface area contributed by atoms with Crippen LogP contribution < -0.4 is 9.80 Å².